The first kappa shape index (κ1) is 19.1. The van der Waals surface area contributed by atoms with E-state index in [4.69, 9.17) is 0 Å². The van der Waals surface area contributed by atoms with Crippen molar-refractivity contribution in [2.24, 2.45) is 0 Å². The summed E-state index contributed by atoms with van der Waals surface area (Å²) in [4.78, 5) is 0. The first-order chi connectivity index (χ1) is 13.9. The van der Waals surface area contributed by atoms with Gasteiger partial charge in [0.1, 0.15) is 0 Å². The van der Waals surface area contributed by atoms with Crippen molar-refractivity contribution in [3.63, 3.8) is 0 Å². The van der Waals surface area contributed by atoms with Crippen molar-refractivity contribution < 1.29 is 0 Å². The summed E-state index contributed by atoms with van der Waals surface area (Å²) in [7, 11) is 0. The molecule has 0 aliphatic carbocycles. The van der Waals surface area contributed by atoms with E-state index in [-0.39, 0.29) is 0 Å². The van der Waals surface area contributed by atoms with Crippen LogP contribution in [0.4, 0.5) is 0 Å². The Balaban J connectivity index is 0.000000161. The predicted octanol–water partition coefficient (Wildman–Crippen LogP) is 7.71. The average Bonchev–Trinajstić information content (AvgIpc) is 2.80. The first-order valence-corrected chi connectivity index (χ1v) is 9.46. The molecular formula is C28H24. The third-order valence-electron chi connectivity index (χ3n) is 4.13. The molecule has 4 aromatic rings. The lowest BCUT2D eigenvalue weighted by Gasteiger charge is -1.92. The highest BCUT2D eigenvalue weighted by Gasteiger charge is 1.85. The molecule has 0 saturated carbocycles. The van der Waals surface area contributed by atoms with Crippen LogP contribution in [0.5, 0.6) is 0 Å². The zero-order valence-corrected chi connectivity index (χ0v) is 15.9. The van der Waals surface area contributed by atoms with Crippen molar-refractivity contribution in [1.29, 1.82) is 0 Å². The third kappa shape index (κ3) is 6.93. The van der Waals surface area contributed by atoms with Gasteiger partial charge in [0.2, 0.25) is 0 Å². The molecule has 0 unspecified atom stereocenters. The smallest absolute Gasteiger partial charge is 0.0256 e. The van der Waals surface area contributed by atoms with Gasteiger partial charge in [-0.1, -0.05) is 146 Å². The number of hydrogen-bond donors (Lipinski definition) is 0. The van der Waals surface area contributed by atoms with Crippen LogP contribution in [-0.4, -0.2) is 0 Å². The van der Waals surface area contributed by atoms with Gasteiger partial charge in [-0.2, -0.15) is 0 Å². The van der Waals surface area contributed by atoms with Gasteiger partial charge in [-0.15, -0.1) is 0 Å². The third-order valence-corrected chi connectivity index (χ3v) is 4.13. The molecule has 0 fully saturated rings. The molecule has 0 aliphatic rings. The Labute approximate surface area is 168 Å². The van der Waals surface area contributed by atoms with Gasteiger partial charge in [-0.25, -0.2) is 0 Å². The van der Waals surface area contributed by atoms with Gasteiger partial charge < -0.3 is 0 Å². The highest BCUT2D eigenvalue weighted by Crippen LogP contribution is 2.08. The fraction of sp³-hybridized carbons (Fsp3) is 0. The van der Waals surface area contributed by atoms with E-state index in [9.17, 15) is 0 Å². The lowest BCUT2D eigenvalue weighted by atomic mass is 10.1. The van der Waals surface area contributed by atoms with Crippen LogP contribution in [0.2, 0.25) is 0 Å². The fourth-order valence-corrected chi connectivity index (χ4v) is 2.64. The van der Waals surface area contributed by atoms with E-state index in [1.165, 1.54) is 22.3 Å². The van der Waals surface area contributed by atoms with E-state index >= 15 is 0 Å². The molecule has 0 saturated heterocycles. The Morgan fingerprint density at radius 2 is 0.429 bits per heavy atom. The molecule has 0 nitrogen and oxygen atoms in total. The molecule has 0 N–H and O–H groups in total. The second-order valence-electron chi connectivity index (χ2n) is 6.31. The molecule has 0 heterocycles. The van der Waals surface area contributed by atoms with Crippen molar-refractivity contribution >= 4 is 24.3 Å². The predicted molar refractivity (Wildman–Crippen MR) is 124 cm³/mol. The van der Waals surface area contributed by atoms with Crippen molar-refractivity contribution in [3.8, 4) is 0 Å². The van der Waals surface area contributed by atoms with Gasteiger partial charge in [0, 0.05) is 0 Å². The van der Waals surface area contributed by atoms with Crippen LogP contribution < -0.4 is 0 Å². The van der Waals surface area contributed by atoms with Crippen molar-refractivity contribution in [3.05, 3.63) is 144 Å². The molecule has 136 valence electrons. The molecule has 0 atom stereocenters. The molecule has 4 rings (SSSR count). The summed E-state index contributed by atoms with van der Waals surface area (Å²) in [6.45, 7) is 0. The van der Waals surface area contributed by atoms with Crippen LogP contribution in [0.15, 0.2) is 121 Å². The molecule has 0 amide bonds. The lowest BCUT2D eigenvalue weighted by molar-refractivity contribution is 1.65. The highest BCUT2D eigenvalue weighted by atomic mass is 13.9. The van der Waals surface area contributed by atoms with E-state index in [1.54, 1.807) is 0 Å². The van der Waals surface area contributed by atoms with Crippen molar-refractivity contribution in [2.75, 3.05) is 0 Å². The molecule has 0 heteroatoms. The Bertz CT molecular complexity index is 799. The SMILES string of the molecule is C(=C\c1ccccc1)/c1ccccc1.C(=Cc1ccccc1)c1ccccc1. The number of hydrogen-bond acceptors (Lipinski definition) is 0. The van der Waals surface area contributed by atoms with Gasteiger partial charge in [0.05, 0.1) is 0 Å². The number of benzene rings is 4. The monoisotopic (exact) mass is 360 g/mol. The summed E-state index contributed by atoms with van der Waals surface area (Å²) < 4.78 is 0. The molecule has 0 aromatic heterocycles. The van der Waals surface area contributed by atoms with Gasteiger partial charge in [-0.3, -0.25) is 0 Å². The Hall–Kier alpha value is -3.64. The molecule has 0 spiro atoms. The van der Waals surface area contributed by atoms with Crippen LogP contribution in [0.25, 0.3) is 24.3 Å². The summed E-state index contributed by atoms with van der Waals surface area (Å²) >= 11 is 0. The van der Waals surface area contributed by atoms with Gasteiger partial charge >= 0.3 is 0 Å². The Morgan fingerprint density at radius 1 is 0.250 bits per heavy atom. The molecule has 28 heavy (non-hydrogen) atoms. The minimum absolute atomic E-state index is 1.23. The van der Waals surface area contributed by atoms with Gasteiger partial charge in [-0.05, 0) is 22.3 Å². The lowest BCUT2D eigenvalue weighted by Crippen LogP contribution is -1.70. The van der Waals surface area contributed by atoms with E-state index in [0.717, 1.165) is 0 Å². The normalized spacial score (nSPS) is 10.6. The maximum absolute atomic E-state index is 2.12. The van der Waals surface area contributed by atoms with Crippen molar-refractivity contribution in [2.45, 2.75) is 0 Å². The standard InChI is InChI=1S/2C14H12/c2*1-3-7-13(8-4-1)11-12-14-9-5-2-6-10-14/h2*1-12H/b12-11+;. The first-order valence-electron chi connectivity index (χ1n) is 9.46. The second-order valence-corrected chi connectivity index (χ2v) is 6.31. The summed E-state index contributed by atoms with van der Waals surface area (Å²) in [5.41, 5.74) is 4.93. The van der Waals surface area contributed by atoms with E-state index in [0.29, 0.717) is 0 Å². The fourth-order valence-electron chi connectivity index (χ4n) is 2.64. The van der Waals surface area contributed by atoms with Gasteiger partial charge in [0.25, 0.3) is 0 Å². The molecule has 0 bridgehead atoms. The summed E-state index contributed by atoms with van der Waals surface area (Å²) in [6, 6.07) is 41.3. The summed E-state index contributed by atoms with van der Waals surface area (Å²) in [6.07, 6.45) is 8.48. The Morgan fingerprint density at radius 3 is 0.607 bits per heavy atom. The summed E-state index contributed by atoms with van der Waals surface area (Å²) in [5, 5.41) is 0. The van der Waals surface area contributed by atoms with E-state index in [2.05, 4.69) is 72.8 Å². The quantitative estimate of drug-likeness (QED) is 0.327. The summed E-state index contributed by atoms with van der Waals surface area (Å²) in [5.74, 6) is 0. The second kappa shape index (κ2) is 11.2. The molecule has 4 aromatic carbocycles. The van der Waals surface area contributed by atoms with Gasteiger partial charge in [0.15, 0.2) is 0 Å². The minimum Gasteiger partial charge on any atom is -0.0622 e. The molecular weight excluding hydrogens is 336 g/mol. The maximum atomic E-state index is 2.12. The number of rotatable bonds is 4. The van der Waals surface area contributed by atoms with E-state index in [1.807, 2.05) is 72.8 Å². The maximum Gasteiger partial charge on any atom is -0.0256 e. The van der Waals surface area contributed by atoms with E-state index < -0.39 is 0 Å². The zero-order chi connectivity index (χ0) is 19.3. The van der Waals surface area contributed by atoms with Crippen molar-refractivity contribution in [1.82, 2.24) is 0 Å². The highest BCUT2D eigenvalue weighted by molar-refractivity contribution is 5.70. The van der Waals surface area contributed by atoms with Crippen LogP contribution in [0, 0.1) is 0 Å². The van der Waals surface area contributed by atoms with Crippen LogP contribution in [-0.2, 0) is 0 Å². The molecule has 0 radical (unpaired) electrons. The topological polar surface area (TPSA) is 0 Å². The van der Waals surface area contributed by atoms with Crippen LogP contribution >= 0.6 is 0 Å². The van der Waals surface area contributed by atoms with Crippen LogP contribution in [0.3, 0.4) is 0 Å². The average molecular weight is 361 g/mol. The minimum atomic E-state index is 1.23. The largest absolute Gasteiger partial charge is 0.0622 e. The molecule has 0 aliphatic heterocycles. The van der Waals surface area contributed by atoms with Crippen LogP contribution in [0.1, 0.15) is 22.3 Å². The zero-order valence-electron chi connectivity index (χ0n) is 15.9. The Kier molecular flexibility index (Phi) is 7.62.